The minimum atomic E-state index is -0.301. The van der Waals surface area contributed by atoms with Crippen molar-refractivity contribution in [2.75, 3.05) is 25.0 Å². The van der Waals surface area contributed by atoms with Crippen LogP contribution in [0.1, 0.15) is 25.5 Å². The average Bonchev–Trinajstić information content (AvgIpc) is 3.00. The Morgan fingerprint density at radius 1 is 1.47 bits per heavy atom. The molecule has 2 heterocycles. The second-order valence-electron chi connectivity index (χ2n) is 4.25. The first-order valence-electron chi connectivity index (χ1n) is 6.35. The molecule has 0 atom stereocenters. The van der Waals surface area contributed by atoms with Crippen molar-refractivity contribution in [1.29, 1.82) is 0 Å². The van der Waals surface area contributed by atoms with Crippen molar-refractivity contribution in [3.05, 3.63) is 11.1 Å². The molecule has 0 radical (unpaired) electrons. The molecule has 1 aliphatic heterocycles. The monoisotopic (exact) mass is 283 g/mol. The number of rotatable bonds is 4. The number of thiazole rings is 1. The lowest BCUT2D eigenvalue weighted by Crippen LogP contribution is -2.32. The Morgan fingerprint density at radius 3 is 2.89 bits per heavy atom. The van der Waals surface area contributed by atoms with Crippen LogP contribution in [0.25, 0.3) is 0 Å². The van der Waals surface area contributed by atoms with E-state index in [-0.39, 0.29) is 18.4 Å². The van der Waals surface area contributed by atoms with Gasteiger partial charge < -0.3 is 9.64 Å². The molecular weight excluding hydrogens is 266 g/mol. The predicted molar refractivity (Wildman–Crippen MR) is 72.3 cm³/mol. The Balaban J connectivity index is 1.86. The van der Waals surface area contributed by atoms with E-state index in [0.717, 1.165) is 25.9 Å². The summed E-state index contributed by atoms with van der Waals surface area (Å²) in [7, 11) is 0. The Hall–Kier alpha value is -1.63. The first-order valence-corrected chi connectivity index (χ1v) is 7.23. The number of ether oxygens (including phenoxy) is 1. The highest BCUT2D eigenvalue weighted by Crippen LogP contribution is 2.17. The van der Waals surface area contributed by atoms with Crippen molar-refractivity contribution < 1.29 is 14.3 Å². The van der Waals surface area contributed by atoms with Gasteiger partial charge in [0.2, 0.25) is 0 Å². The molecule has 0 spiro atoms. The average molecular weight is 283 g/mol. The summed E-state index contributed by atoms with van der Waals surface area (Å²) in [6.07, 6.45) is 2.25. The van der Waals surface area contributed by atoms with Gasteiger partial charge in [-0.1, -0.05) is 0 Å². The van der Waals surface area contributed by atoms with Crippen LogP contribution in [0, 0.1) is 0 Å². The van der Waals surface area contributed by atoms with E-state index in [1.165, 1.54) is 11.3 Å². The third-order valence-corrected chi connectivity index (χ3v) is 3.60. The normalized spacial score (nSPS) is 14.5. The van der Waals surface area contributed by atoms with Gasteiger partial charge in [0.15, 0.2) is 5.13 Å². The van der Waals surface area contributed by atoms with Crippen molar-refractivity contribution in [3.8, 4) is 0 Å². The molecular formula is C12H17N3O3S. The van der Waals surface area contributed by atoms with Crippen LogP contribution in [0.15, 0.2) is 5.38 Å². The van der Waals surface area contributed by atoms with Crippen molar-refractivity contribution in [1.82, 2.24) is 9.88 Å². The zero-order chi connectivity index (χ0) is 13.7. The number of anilines is 1. The standard InChI is InChI=1S/C12H17N3O3S/c1-2-18-10(16)7-9-8-19-11(13-9)14-12(17)15-5-3-4-6-15/h8H,2-7H2,1H3,(H,13,14,17). The van der Waals surface area contributed by atoms with E-state index in [0.29, 0.717) is 17.4 Å². The van der Waals surface area contributed by atoms with Gasteiger partial charge >= 0.3 is 12.0 Å². The fourth-order valence-corrected chi connectivity index (χ4v) is 2.60. The molecule has 19 heavy (non-hydrogen) atoms. The fourth-order valence-electron chi connectivity index (χ4n) is 1.90. The zero-order valence-electron chi connectivity index (χ0n) is 10.8. The molecule has 0 aliphatic carbocycles. The van der Waals surface area contributed by atoms with Crippen molar-refractivity contribution in [2.45, 2.75) is 26.2 Å². The Labute approximate surface area is 115 Å². The number of carbonyl (C=O) groups excluding carboxylic acids is 2. The molecule has 2 rings (SSSR count). The van der Waals surface area contributed by atoms with Crippen molar-refractivity contribution in [3.63, 3.8) is 0 Å². The van der Waals surface area contributed by atoms with E-state index >= 15 is 0 Å². The highest BCUT2D eigenvalue weighted by Gasteiger charge is 2.19. The van der Waals surface area contributed by atoms with Crippen molar-refractivity contribution >= 4 is 28.5 Å². The van der Waals surface area contributed by atoms with Gasteiger partial charge in [0.1, 0.15) is 0 Å². The molecule has 6 nitrogen and oxygen atoms in total. The van der Waals surface area contributed by atoms with Crippen LogP contribution in [0.2, 0.25) is 0 Å². The van der Waals surface area contributed by atoms with Gasteiger partial charge in [-0.3, -0.25) is 10.1 Å². The summed E-state index contributed by atoms with van der Waals surface area (Å²) >= 11 is 1.32. The summed E-state index contributed by atoms with van der Waals surface area (Å²) < 4.78 is 4.85. The molecule has 104 valence electrons. The van der Waals surface area contributed by atoms with Gasteiger partial charge in [-0.15, -0.1) is 11.3 Å². The van der Waals surface area contributed by atoms with Crippen LogP contribution in [-0.4, -0.2) is 41.6 Å². The van der Waals surface area contributed by atoms with E-state index in [9.17, 15) is 9.59 Å². The molecule has 1 aromatic heterocycles. The zero-order valence-corrected chi connectivity index (χ0v) is 11.7. The van der Waals surface area contributed by atoms with Crippen LogP contribution in [0.5, 0.6) is 0 Å². The van der Waals surface area contributed by atoms with Gasteiger partial charge in [0, 0.05) is 18.5 Å². The quantitative estimate of drug-likeness (QED) is 0.856. The SMILES string of the molecule is CCOC(=O)Cc1csc(NC(=O)N2CCCC2)n1. The molecule has 1 saturated heterocycles. The predicted octanol–water partition coefficient (Wildman–Crippen LogP) is 1.88. The summed E-state index contributed by atoms with van der Waals surface area (Å²) in [6.45, 7) is 3.72. The second-order valence-corrected chi connectivity index (χ2v) is 5.11. The number of amides is 2. The van der Waals surface area contributed by atoms with Gasteiger partial charge in [-0.05, 0) is 19.8 Å². The van der Waals surface area contributed by atoms with Gasteiger partial charge in [0.05, 0.1) is 18.7 Å². The minimum absolute atomic E-state index is 0.116. The number of nitrogens with one attached hydrogen (secondary N) is 1. The molecule has 0 bridgehead atoms. The lowest BCUT2D eigenvalue weighted by molar-refractivity contribution is -0.142. The van der Waals surface area contributed by atoms with Crippen molar-refractivity contribution in [2.24, 2.45) is 0 Å². The second kappa shape index (κ2) is 6.51. The number of likely N-dealkylation sites (tertiary alicyclic amines) is 1. The van der Waals surface area contributed by atoms with Crippen LogP contribution < -0.4 is 5.32 Å². The van der Waals surface area contributed by atoms with E-state index in [2.05, 4.69) is 10.3 Å². The number of nitrogens with zero attached hydrogens (tertiary/aromatic N) is 2. The first kappa shape index (κ1) is 13.8. The number of carbonyl (C=O) groups is 2. The minimum Gasteiger partial charge on any atom is -0.466 e. The van der Waals surface area contributed by atoms with Crippen LogP contribution >= 0.6 is 11.3 Å². The lowest BCUT2D eigenvalue weighted by Gasteiger charge is -2.14. The first-order chi connectivity index (χ1) is 9.19. The fraction of sp³-hybridized carbons (Fsp3) is 0.583. The number of hydrogen-bond donors (Lipinski definition) is 1. The Kier molecular flexibility index (Phi) is 4.73. The third kappa shape index (κ3) is 3.92. The van der Waals surface area contributed by atoms with E-state index in [4.69, 9.17) is 4.74 Å². The maximum atomic E-state index is 11.8. The Morgan fingerprint density at radius 2 is 2.21 bits per heavy atom. The van der Waals surface area contributed by atoms with Crippen LogP contribution in [-0.2, 0) is 16.0 Å². The molecule has 1 aromatic rings. The molecule has 0 saturated carbocycles. The lowest BCUT2D eigenvalue weighted by atomic mass is 10.3. The highest BCUT2D eigenvalue weighted by molar-refractivity contribution is 7.13. The maximum Gasteiger partial charge on any atom is 0.323 e. The highest BCUT2D eigenvalue weighted by atomic mass is 32.1. The van der Waals surface area contributed by atoms with Crippen LogP contribution in [0.4, 0.5) is 9.93 Å². The Bertz CT molecular complexity index is 455. The number of esters is 1. The van der Waals surface area contributed by atoms with E-state index in [1.54, 1.807) is 17.2 Å². The molecule has 7 heteroatoms. The largest absolute Gasteiger partial charge is 0.466 e. The summed E-state index contributed by atoms with van der Waals surface area (Å²) in [4.78, 5) is 29.1. The summed E-state index contributed by atoms with van der Waals surface area (Å²) in [5.41, 5.74) is 0.625. The van der Waals surface area contributed by atoms with Crippen LogP contribution in [0.3, 0.4) is 0 Å². The van der Waals surface area contributed by atoms with E-state index < -0.39 is 0 Å². The van der Waals surface area contributed by atoms with E-state index in [1.807, 2.05) is 0 Å². The molecule has 2 amide bonds. The van der Waals surface area contributed by atoms with Gasteiger partial charge in [0.25, 0.3) is 0 Å². The van der Waals surface area contributed by atoms with Gasteiger partial charge in [-0.2, -0.15) is 0 Å². The third-order valence-electron chi connectivity index (χ3n) is 2.79. The van der Waals surface area contributed by atoms with Gasteiger partial charge in [-0.25, -0.2) is 9.78 Å². The number of urea groups is 1. The number of hydrogen-bond acceptors (Lipinski definition) is 5. The number of aromatic nitrogens is 1. The summed E-state index contributed by atoms with van der Waals surface area (Å²) in [5, 5.41) is 5.04. The summed E-state index contributed by atoms with van der Waals surface area (Å²) in [5.74, 6) is -0.301. The maximum absolute atomic E-state index is 11.8. The smallest absolute Gasteiger partial charge is 0.323 e. The summed E-state index contributed by atoms with van der Waals surface area (Å²) in [6, 6.07) is -0.116. The molecule has 1 aliphatic rings. The molecule has 0 aromatic carbocycles. The molecule has 1 fully saturated rings. The molecule has 0 unspecified atom stereocenters. The molecule has 1 N–H and O–H groups in total. The topological polar surface area (TPSA) is 71.5 Å².